The first-order valence-electron chi connectivity index (χ1n) is 8.29. The summed E-state index contributed by atoms with van der Waals surface area (Å²) in [6, 6.07) is 7.38. The number of rotatable bonds is 1. The Bertz CT molecular complexity index is 599. The van der Waals surface area contributed by atoms with Crippen molar-refractivity contribution in [1.29, 1.82) is 0 Å². The molecule has 4 rings (SSSR count). The first-order chi connectivity index (χ1) is 10.1. The van der Waals surface area contributed by atoms with Crippen molar-refractivity contribution in [2.75, 3.05) is 19.8 Å². The molecule has 4 atom stereocenters. The molecule has 1 aliphatic heterocycles. The van der Waals surface area contributed by atoms with E-state index in [4.69, 9.17) is 0 Å². The Labute approximate surface area is 130 Å². The summed E-state index contributed by atoms with van der Waals surface area (Å²) < 4.78 is 11.9. The number of nitrogens with zero attached hydrogens (tertiary/aromatic N) is 1. The van der Waals surface area contributed by atoms with E-state index in [9.17, 15) is 4.21 Å². The molecule has 21 heavy (non-hydrogen) atoms. The van der Waals surface area contributed by atoms with Gasteiger partial charge in [-0.15, -0.1) is 0 Å². The highest BCUT2D eigenvalue weighted by Gasteiger charge is 2.52. The van der Waals surface area contributed by atoms with Crippen molar-refractivity contribution in [1.82, 2.24) is 4.90 Å². The van der Waals surface area contributed by atoms with Crippen molar-refractivity contribution < 1.29 is 4.21 Å². The molecule has 1 saturated carbocycles. The maximum Gasteiger partial charge on any atom is 0.0498 e. The summed E-state index contributed by atoms with van der Waals surface area (Å²) in [5, 5.41) is 0. The third-order valence-electron chi connectivity index (χ3n) is 6.42. The predicted octanol–water partition coefficient (Wildman–Crippen LogP) is 3.11. The van der Waals surface area contributed by atoms with Gasteiger partial charge in [-0.2, -0.15) is 0 Å². The van der Waals surface area contributed by atoms with Crippen LogP contribution in [0.1, 0.15) is 43.2 Å². The second-order valence-corrected chi connectivity index (χ2v) is 8.66. The molecule has 2 fully saturated rings. The summed E-state index contributed by atoms with van der Waals surface area (Å²) in [5.41, 5.74) is 3.47. The fourth-order valence-electron chi connectivity index (χ4n) is 5.35. The van der Waals surface area contributed by atoms with Crippen LogP contribution in [0.4, 0.5) is 0 Å². The molecular formula is C18H25NOS. The number of hydrogen-bond acceptors (Lipinski definition) is 2. The van der Waals surface area contributed by atoms with E-state index in [0.717, 1.165) is 16.9 Å². The van der Waals surface area contributed by atoms with Gasteiger partial charge in [0.15, 0.2) is 0 Å². The minimum absolute atomic E-state index is 0.387. The molecule has 2 nitrogen and oxygen atoms in total. The highest BCUT2D eigenvalue weighted by atomic mass is 32.2. The number of fused-ring (bicyclic) bond motifs is 1. The van der Waals surface area contributed by atoms with Crippen LogP contribution in [0.15, 0.2) is 23.1 Å². The Hall–Kier alpha value is -0.670. The molecule has 3 aliphatic rings. The van der Waals surface area contributed by atoms with Crippen LogP contribution in [0.5, 0.6) is 0 Å². The van der Waals surface area contributed by atoms with Gasteiger partial charge >= 0.3 is 0 Å². The summed E-state index contributed by atoms with van der Waals surface area (Å²) in [5.74, 6) is 0.818. The Kier molecular flexibility index (Phi) is 3.27. The van der Waals surface area contributed by atoms with E-state index in [-0.39, 0.29) is 0 Å². The molecule has 0 radical (unpaired) electrons. The van der Waals surface area contributed by atoms with E-state index in [1.54, 1.807) is 11.8 Å². The minimum Gasteiger partial charge on any atom is -0.303 e. The number of likely N-dealkylation sites (N-methyl/N-ethyl adjacent to an activating group) is 1. The fraction of sp³-hybridized carbons (Fsp3) is 0.667. The number of likely N-dealkylation sites (tertiary alicyclic amines) is 1. The standard InChI is InChI=1S/C18H25NOS/c1-19-10-9-18-8-4-3-5-15(18)17(19)11-13-6-7-14(21(2)20)12-16(13)18/h6-7,12,15,17H,3-5,8-11H2,1-2H3/t15-,17-,18-,21?/m1/s1. The van der Waals surface area contributed by atoms with Crippen LogP contribution >= 0.6 is 0 Å². The molecule has 114 valence electrons. The van der Waals surface area contributed by atoms with Crippen LogP contribution in [0.2, 0.25) is 0 Å². The third-order valence-corrected chi connectivity index (χ3v) is 7.34. The Morgan fingerprint density at radius 3 is 2.95 bits per heavy atom. The van der Waals surface area contributed by atoms with Gasteiger partial charge in [-0.25, -0.2) is 0 Å². The summed E-state index contributed by atoms with van der Waals surface area (Å²) >= 11 is 0. The van der Waals surface area contributed by atoms with Crippen LogP contribution in [-0.2, 0) is 22.6 Å². The molecule has 1 saturated heterocycles. The molecule has 0 N–H and O–H groups in total. The first kappa shape index (κ1) is 14.0. The zero-order valence-corrected chi connectivity index (χ0v) is 13.9. The van der Waals surface area contributed by atoms with Gasteiger partial charge in [-0.3, -0.25) is 4.21 Å². The predicted molar refractivity (Wildman–Crippen MR) is 87.1 cm³/mol. The van der Waals surface area contributed by atoms with Gasteiger partial charge in [0.05, 0.1) is 0 Å². The van der Waals surface area contributed by atoms with Gasteiger partial charge in [-0.05, 0) is 68.5 Å². The SMILES string of the molecule is CN1CC[C@]23CCCC[C@@H]2[C@H]1Cc1ccc(S(C)=O)cc13. The molecule has 3 heteroatoms. The lowest BCUT2D eigenvalue weighted by molar-refractivity contribution is 0.00271. The van der Waals surface area contributed by atoms with Crippen molar-refractivity contribution in [3.8, 4) is 0 Å². The maximum atomic E-state index is 11.9. The van der Waals surface area contributed by atoms with Crippen LogP contribution < -0.4 is 0 Å². The zero-order chi connectivity index (χ0) is 14.6. The number of hydrogen-bond donors (Lipinski definition) is 0. The molecule has 2 bridgehead atoms. The van der Waals surface area contributed by atoms with Crippen LogP contribution in [0, 0.1) is 5.92 Å². The minimum atomic E-state index is -0.867. The summed E-state index contributed by atoms with van der Waals surface area (Å²) in [7, 11) is 1.44. The number of benzene rings is 1. The third kappa shape index (κ3) is 1.97. The normalized spacial score (nSPS) is 36.7. The van der Waals surface area contributed by atoms with Gasteiger partial charge < -0.3 is 4.90 Å². The quantitative estimate of drug-likeness (QED) is 0.794. The summed E-state index contributed by atoms with van der Waals surface area (Å²) in [4.78, 5) is 3.62. The molecule has 0 amide bonds. The summed E-state index contributed by atoms with van der Waals surface area (Å²) in [6.45, 7) is 1.22. The molecular weight excluding hydrogens is 278 g/mol. The Morgan fingerprint density at radius 1 is 1.29 bits per heavy atom. The molecule has 1 heterocycles. The van der Waals surface area contributed by atoms with Gasteiger partial charge in [0.25, 0.3) is 0 Å². The van der Waals surface area contributed by atoms with E-state index >= 15 is 0 Å². The lowest BCUT2D eigenvalue weighted by atomic mass is 9.52. The van der Waals surface area contributed by atoms with Gasteiger partial charge in [0.2, 0.25) is 0 Å². The molecule has 1 aromatic rings. The first-order valence-corrected chi connectivity index (χ1v) is 9.85. The molecule has 0 spiro atoms. The van der Waals surface area contributed by atoms with E-state index in [0.29, 0.717) is 5.41 Å². The molecule has 1 aromatic carbocycles. The van der Waals surface area contributed by atoms with E-state index in [2.05, 4.69) is 30.1 Å². The van der Waals surface area contributed by atoms with Crippen molar-refractivity contribution in [2.24, 2.45) is 5.92 Å². The number of piperidine rings is 1. The highest BCUT2D eigenvalue weighted by molar-refractivity contribution is 7.84. The Morgan fingerprint density at radius 2 is 2.14 bits per heavy atom. The molecule has 1 unspecified atom stereocenters. The second-order valence-electron chi connectivity index (χ2n) is 7.28. The van der Waals surface area contributed by atoms with Crippen molar-refractivity contribution in [2.45, 2.75) is 54.9 Å². The largest absolute Gasteiger partial charge is 0.303 e. The van der Waals surface area contributed by atoms with Gasteiger partial charge in [-0.1, -0.05) is 18.9 Å². The fourth-order valence-corrected chi connectivity index (χ4v) is 5.90. The average molecular weight is 303 g/mol. The average Bonchev–Trinajstić information content (AvgIpc) is 2.50. The van der Waals surface area contributed by atoms with Crippen molar-refractivity contribution in [3.63, 3.8) is 0 Å². The van der Waals surface area contributed by atoms with Crippen LogP contribution in [-0.4, -0.2) is 35.0 Å². The zero-order valence-electron chi connectivity index (χ0n) is 13.1. The van der Waals surface area contributed by atoms with Gasteiger partial charge in [0, 0.05) is 33.4 Å². The maximum absolute atomic E-state index is 11.9. The molecule has 0 aromatic heterocycles. The van der Waals surface area contributed by atoms with Gasteiger partial charge in [0.1, 0.15) is 0 Å². The topological polar surface area (TPSA) is 20.3 Å². The smallest absolute Gasteiger partial charge is 0.0498 e. The van der Waals surface area contributed by atoms with Crippen LogP contribution in [0.25, 0.3) is 0 Å². The summed E-state index contributed by atoms with van der Waals surface area (Å²) in [6.07, 6.45) is 9.77. The van der Waals surface area contributed by atoms with Crippen molar-refractivity contribution >= 4 is 10.8 Å². The highest BCUT2D eigenvalue weighted by Crippen LogP contribution is 2.55. The molecule has 2 aliphatic carbocycles. The second kappa shape index (κ2) is 4.92. The van der Waals surface area contributed by atoms with Crippen LogP contribution in [0.3, 0.4) is 0 Å². The van der Waals surface area contributed by atoms with E-state index < -0.39 is 10.8 Å². The monoisotopic (exact) mass is 303 g/mol. The lowest BCUT2D eigenvalue weighted by Crippen LogP contribution is -2.59. The Balaban J connectivity index is 1.89. The van der Waals surface area contributed by atoms with Crippen molar-refractivity contribution in [3.05, 3.63) is 29.3 Å². The lowest BCUT2D eigenvalue weighted by Gasteiger charge is -2.58. The van der Waals surface area contributed by atoms with E-state index in [1.807, 2.05) is 0 Å². The van der Waals surface area contributed by atoms with E-state index in [1.165, 1.54) is 50.6 Å².